The number of pyridine rings is 1. The van der Waals surface area contributed by atoms with E-state index in [0.29, 0.717) is 23.3 Å². The summed E-state index contributed by atoms with van der Waals surface area (Å²) in [7, 11) is 0. The number of aromatic nitrogens is 1. The fraction of sp³-hybridized carbons (Fsp3) is 0.432. The van der Waals surface area contributed by atoms with Gasteiger partial charge in [0.25, 0.3) is 0 Å². The quantitative estimate of drug-likeness (QED) is 0.124. The van der Waals surface area contributed by atoms with Gasteiger partial charge in [0.05, 0.1) is 0 Å². The van der Waals surface area contributed by atoms with Crippen LogP contribution in [0.3, 0.4) is 0 Å². The van der Waals surface area contributed by atoms with E-state index in [9.17, 15) is 9.90 Å². The van der Waals surface area contributed by atoms with Crippen LogP contribution in [-0.2, 0) is 13.0 Å². The minimum atomic E-state index is -0.577. The molecule has 4 aliphatic carbocycles. The van der Waals surface area contributed by atoms with Gasteiger partial charge in [0.2, 0.25) is 0 Å². The summed E-state index contributed by atoms with van der Waals surface area (Å²) in [4.78, 5) is 15.1. The summed E-state index contributed by atoms with van der Waals surface area (Å²) < 4.78 is 12.5. The van der Waals surface area contributed by atoms with Crippen molar-refractivity contribution < 1.29 is 14.6 Å². The maximum atomic E-state index is 12.2. The molecule has 4 saturated carbocycles. The summed E-state index contributed by atoms with van der Waals surface area (Å²) in [6.07, 6.45) is 8.95. The van der Waals surface area contributed by atoms with Gasteiger partial charge in [-0.15, -0.1) is 0 Å². The number of nitrogens with one attached hydrogen (secondary N) is 1. The molecule has 5 nitrogen and oxygen atoms in total. The van der Waals surface area contributed by atoms with E-state index in [4.69, 9.17) is 9.47 Å². The molecular weight excluding hydrogens is 597 g/mol. The number of aryl methyl sites for hydroxylation is 1. The van der Waals surface area contributed by atoms with Gasteiger partial charge < -0.3 is 0 Å². The number of hydrogen-bond acceptors (Lipinski definition) is 4. The maximum absolute atomic E-state index is 12.2. The number of aromatic amines is 1. The average Bonchev–Trinajstić information content (AvgIpc) is 3.01. The van der Waals surface area contributed by atoms with Gasteiger partial charge in [-0.1, -0.05) is 0 Å². The zero-order valence-corrected chi connectivity index (χ0v) is 26.6. The topological polar surface area (TPSA) is 71.6 Å². The second-order valence-corrected chi connectivity index (χ2v) is 15.9. The van der Waals surface area contributed by atoms with Crippen molar-refractivity contribution in [3.05, 3.63) is 106 Å². The van der Waals surface area contributed by atoms with Gasteiger partial charge in [-0.25, -0.2) is 0 Å². The van der Waals surface area contributed by atoms with Gasteiger partial charge in [-0.05, 0) is 0 Å². The Morgan fingerprint density at radius 2 is 1.60 bits per heavy atom. The molecule has 0 aliphatic heterocycles. The van der Waals surface area contributed by atoms with Crippen LogP contribution < -0.4 is 15.0 Å². The molecule has 0 saturated heterocycles. The molecule has 223 valence electrons. The second-order valence-electron chi connectivity index (χ2n) is 13.3. The number of hydrogen-bond donors (Lipinski definition) is 2. The monoisotopic (exact) mass is 638 g/mol. The fourth-order valence-corrected chi connectivity index (χ4v) is 10.6. The number of aliphatic hydroxyl groups excluding tert-OH is 1. The number of H-pyrrole nitrogens is 1. The Hall–Kier alpha value is -3.01. The van der Waals surface area contributed by atoms with Crippen LogP contribution in [0.1, 0.15) is 61.3 Å². The molecule has 1 aromatic heterocycles. The second kappa shape index (κ2) is 12.5. The molecule has 4 bridgehead atoms. The summed E-state index contributed by atoms with van der Waals surface area (Å²) in [6.45, 7) is 1.29. The molecule has 4 aliphatic rings. The Balaban J connectivity index is 0.934. The average molecular weight is 639 g/mol. The molecule has 1 heterocycles. The zero-order chi connectivity index (χ0) is 29.2. The van der Waals surface area contributed by atoms with Crippen LogP contribution in [0.2, 0.25) is 10.4 Å². The summed E-state index contributed by atoms with van der Waals surface area (Å²) in [5.41, 5.74) is 4.10. The van der Waals surface area contributed by atoms with Crippen LogP contribution in [-0.4, -0.2) is 32.4 Å². The first-order chi connectivity index (χ1) is 21.0. The van der Waals surface area contributed by atoms with Crippen LogP contribution in [0, 0.1) is 23.2 Å². The molecule has 43 heavy (non-hydrogen) atoms. The van der Waals surface area contributed by atoms with E-state index >= 15 is 0 Å². The standard InChI is InChI=1S/C37H41AsNO4/c40-33(31-9-11-34(36-32(31)10-12-35(41)39-36)42-23-26-5-2-1-3-6-26)22-38-14-13-25-7-4-8-30(18-25)43-24-37-19-27-15-28(20-37)17-29(16-27)21-37/h1-12,18,27-29,33,40H,13-17,19-24H2,(H,39,41)/t27?,28?,29?,33-,37?/m0/s1. The van der Waals surface area contributed by atoms with Gasteiger partial charge >= 0.3 is 261 Å². The van der Waals surface area contributed by atoms with Gasteiger partial charge in [-0.3, -0.25) is 0 Å². The van der Waals surface area contributed by atoms with Gasteiger partial charge in [0, 0.05) is 0 Å². The van der Waals surface area contributed by atoms with E-state index in [1.54, 1.807) is 6.07 Å². The molecule has 1 radical (unpaired) electrons. The molecule has 2 N–H and O–H groups in total. The summed E-state index contributed by atoms with van der Waals surface area (Å²) in [5.74, 6) is 4.48. The van der Waals surface area contributed by atoms with E-state index < -0.39 is 6.10 Å². The molecule has 8 rings (SSSR count). The predicted molar refractivity (Wildman–Crippen MR) is 172 cm³/mol. The van der Waals surface area contributed by atoms with Crippen molar-refractivity contribution in [2.24, 2.45) is 23.2 Å². The van der Waals surface area contributed by atoms with Crippen molar-refractivity contribution in [3.8, 4) is 11.5 Å². The Bertz CT molecular complexity index is 1580. The number of benzene rings is 3. The zero-order valence-electron chi connectivity index (χ0n) is 24.7. The van der Waals surface area contributed by atoms with Crippen molar-refractivity contribution >= 4 is 26.7 Å². The van der Waals surface area contributed by atoms with Crippen LogP contribution >= 0.6 is 0 Å². The molecular formula is C37H41AsNO4. The molecule has 0 unspecified atom stereocenters. The van der Waals surface area contributed by atoms with Crippen LogP contribution in [0.25, 0.3) is 10.9 Å². The SMILES string of the molecule is O=c1ccc2c([C@@H](O)C[As]CCc3cccc(OCC45CC6CC(CC(C6)C4)C5)c3)ccc(OCc3ccccc3)c2[nH]1. The molecule has 3 aromatic carbocycles. The molecule has 4 aromatic rings. The van der Waals surface area contributed by atoms with Crippen molar-refractivity contribution in [2.75, 3.05) is 6.61 Å². The van der Waals surface area contributed by atoms with Crippen molar-refractivity contribution in [1.82, 2.24) is 4.98 Å². The third kappa shape index (κ3) is 6.59. The van der Waals surface area contributed by atoms with E-state index in [2.05, 4.69) is 29.2 Å². The Morgan fingerprint density at radius 1 is 0.860 bits per heavy atom. The first-order valence-corrected chi connectivity index (χ1v) is 18.5. The summed E-state index contributed by atoms with van der Waals surface area (Å²) in [5, 5.41) is 13.9. The van der Waals surface area contributed by atoms with Crippen LogP contribution in [0.4, 0.5) is 0 Å². The van der Waals surface area contributed by atoms with Gasteiger partial charge in [0.15, 0.2) is 0 Å². The number of aliphatic hydroxyl groups is 1. The first kappa shape index (κ1) is 28.7. The number of rotatable bonds is 12. The van der Waals surface area contributed by atoms with Crippen molar-refractivity contribution in [1.29, 1.82) is 0 Å². The van der Waals surface area contributed by atoms with Gasteiger partial charge in [0.1, 0.15) is 0 Å². The fourth-order valence-electron chi connectivity index (χ4n) is 8.41. The number of fused-ring (bicyclic) bond motifs is 1. The summed E-state index contributed by atoms with van der Waals surface area (Å²) >= 11 is -0.0443. The first-order valence-electron chi connectivity index (χ1n) is 15.9. The Labute approximate surface area is 260 Å². The third-order valence-corrected chi connectivity index (χ3v) is 12.4. The molecule has 4 fully saturated rings. The van der Waals surface area contributed by atoms with Crippen molar-refractivity contribution in [2.45, 2.75) is 68.1 Å². The third-order valence-electron chi connectivity index (χ3n) is 9.96. The van der Waals surface area contributed by atoms with E-state index in [1.807, 2.05) is 42.5 Å². The van der Waals surface area contributed by atoms with Gasteiger partial charge in [-0.2, -0.15) is 0 Å². The predicted octanol–water partition coefficient (Wildman–Crippen LogP) is 7.52. The minimum absolute atomic E-state index is 0.0443. The van der Waals surface area contributed by atoms with E-state index in [-0.39, 0.29) is 21.3 Å². The molecule has 1 atom stereocenters. The Kier molecular flexibility index (Phi) is 8.38. The van der Waals surface area contributed by atoms with Crippen LogP contribution in [0.15, 0.2) is 83.7 Å². The summed E-state index contributed by atoms with van der Waals surface area (Å²) in [6, 6.07) is 25.8. The molecule has 6 heteroatoms. The molecule has 0 spiro atoms. The van der Waals surface area contributed by atoms with E-state index in [0.717, 1.165) is 63.5 Å². The Morgan fingerprint density at radius 3 is 2.37 bits per heavy atom. The normalized spacial score (nSPS) is 25.0. The van der Waals surface area contributed by atoms with Crippen LogP contribution in [0.5, 0.6) is 11.5 Å². The van der Waals surface area contributed by atoms with Crippen molar-refractivity contribution in [3.63, 3.8) is 0 Å². The number of ether oxygens (including phenoxy) is 2. The van der Waals surface area contributed by atoms with E-state index in [1.165, 1.54) is 50.2 Å². The molecule has 0 amide bonds.